The molecule has 9 heteroatoms. The number of aldehydes is 1. The van der Waals surface area contributed by atoms with Gasteiger partial charge in [0.2, 0.25) is 0 Å². The van der Waals surface area contributed by atoms with Gasteiger partial charge in [-0.05, 0) is 0 Å². The number of anilines is 1. The standard InChI is InChI=1S/C8H5F5N2O2/c9-6(10)5-3(2-16)4(1-15-7(5)14)17-8(11,12)13/h1-2,6H,(H2,14,15). The third-order valence-electron chi connectivity index (χ3n) is 1.71. The second kappa shape index (κ2) is 4.52. The number of alkyl halides is 5. The first kappa shape index (κ1) is 13.1. The molecule has 0 radical (unpaired) electrons. The maximum atomic E-state index is 12.5. The summed E-state index contributed by atoms with van der Waals surface area (Å²) in [6.45, 7) is 0. The monoisotopic (exact) mass is 256 g/mol. The van der Waals surface area contributed by atoms with E-state index in [9.17, 15) is 26.7 Å². The molecule has 1 heterocycles. The van der Waals surface area contributed by atoms with Gasteiger partial charge >= 0.3 is 6.36 Å². The largest absolute Gasteiger partial charge is 0.573 e. The van der Waals surface area contributed by atoms with E-state index < -0.39 is 35.5 Å². The van der Waals surface area contributed by atoms with Crippen LogP contribution in [0.25, 0.3) is 0 Å². The van der Waals surface area contributed by atoms with Gasteiger partial charge < -0.3 is 10.5 Å². The lowest BCUT2D eigenvalue weighted by Crippen LogP contribution is -2.19. The summed E-state index contributed by atoms with van der Waals surface area (Å²) in [5, 5.41) is 0. The van der Waals surface area contributed by atoms with Crippen LogP contribution in [0.3, 0.4) is 0 Å². The van der Waals surface area contributed by atoms with Crippen molar-refractivity contribution < 1.29 is 31.5 Å². The van der Waals surface area contributed by atoms with Gasteiger partial charge in [0.15, 0.2) is 12.0 Å². The van der Waals surface area contributed by atoms with Gasteiger partial charge in [-0.1, -0.05) is 0 Å². The predicted molar refractivity (Wildman–Crippen MR) is 45.7 cm³/mol. The number of hydrogen-bond acceptors (Lipinski definition) is 4. The maximum absolute atomic E-state index is 12.5. The van der Waals surface area contributed by atoms with Crippen molar-refractivity contribution in [3.05, 3.63) is 17.3 Å². The molecule has 17 heavy (non-hydrogen) atoms. The van der Waals surface area contributed by atoms with Gasteiger partial charge in [-0.25, -0.2) is 13.8 Å². The highest BCUT2D eigenvalue weighted by Gasteiger charge is 2.34. The van der Waals surface area contributed by atoms with Crippen LogP contribution >= 0.6 is 0 Å². The summed E-state index contributed by atoms with van der Waals surface area (Å²) >= 11 is 0. The fourth-order valence-electron chi connectivity index (χ4n) is 1.09. The first-order valence-corrected chi connectivity index (χ1v) is 4.03. The minimum atomic E-state index is -5.12. The molecule has 0 amide bonds. The number of nitrogens with two attached hydrogens (primary N) is 1. The van der Waals surface area contributed by atoms with Gasteiger partial charge in [-0.2, -0.15) is 0 Å². The summed E-state index contributed by atoms with van der Waals surface area (Å²) in [5.74, 6) is -1.84. The number of ether oxygens (including phenoxy) is 1. The minimum absolute atomic E-state index is 0.194. The van der Waals surface area contributed by atoms with E-state index in [0.29, 0.717) is 6.20 Å². The van der Waals surface area contributed by atoms with Gasteiger partial charge in [0.05, 0.1) is 17.3 Å². The van der Waals surface area contributed by atoms with E-state index in [1.807, 2.05) is 0 Å². The molecule has 0 aliphatic carbocycles. The zero-order valence-corrected chi connectivity index (χ0v) is 7.96. The highest BCUT2D eigenvalue weighted by Crippen LogP contribution is 2.34. The zero-order chi connectivity index (χ0) is 13.2. The van der Waals surface area contributed by atoms with Gasteiger partial charge in [0, 0.05) is 0 Å². The summed E-state index contributed by atoms with van der Waals surface area (Å²) in [4.78, 5) is 13.6. The number of hydrogen-bond donors (Lipinski definition) is 1. The number of rotatable bonds is 3. The molecule has 0 spiro atoms. The Bertz CT molecular complexity index is 433. The van der Waals surface area contributed by atoms with E-state index >= 15 is 0 Å². The van der Waals surface area contributed by atoms with Crippen LogP contribution in [-0.2, 0) is 0 Å². The molecule has 0 aliphatic heterocycles. The summed E-state index contributed by atoms with van der Waals surface area (Å²) in [7, 11) is 0. The molecule has 0 aromatic carbocycles. The molecule has 4 nitrogen and oxygen atoms in total. The minimum Gasteiger partial charge on any atom is -0.403 e. The van der Waals surface area contributed by atoms with Crippen molar-refractivity contribution in [2.75, 3.05) is 5.73 Å². The lowest BCUT2D eigenvalue weighted by atomic mass is 10.1. The Labute approximate surface area is 91.2 Å². The number of carbonyl (C=O) groups is 1. The number of nitrogens with zero attached hydrogens (tertiary/aromatic N) is 1. The maximum Gasteiger partial charge on any atom is 0.573 e. The highest BCUT2D eigenvalue weighted by molar-refractivity contribution is 5.83. The Kier molecular flexibility index (Phi) is 3.49. The SMILES string of the molecule is Nc1ncc(OC(F)(F)F)c(C=O)c1C(F)F. The van der Waals surface area contributed by atoms with Crippen LogP contribution in [0.4, 0.5) is 27.8 Å². The van der Waals surface area contributed by atoms with E-state index in [4.69, 9.17) is 5.73 Å². The van der Waals surface area contributed by atoms with Crippen molar-refractivity contribution in [2.45, 2.75) is 12.8 Å². The van der Waals surface area contributed by atoms with E-state index in [1.165, 1.54) is 0 Å². The Morgan fingerprint density at radius 1 is 1.41 bits per heavy atom. The molecule has 1 rings (SSSR count). The van der Waals surface area contributed by atoms with Crippen LogP contribution < -0.4 is 10.5 Å². The number of halogens is 5. The summed E-state index contributed by atoms with van der Waals surface area (Å²) in [6.07, 6.45) is -8.09. The van der Waals surface area contributed by atoms with Crippen LogP contribution in [0.5, 0.6) is 5.75 Å². The molecule has 0 bridgehead atoms. The third-order valence-corrected chi connectivity index (χ3v) is 1.71. The second-order valence-electron chi connectivity index (χ2n) is 2.80. The number of carbonyl (C=O) groups excluding carboxylic acids is 1. The molecule has 94 valence electrons. The van der Waals surface area contributed by atoms with Crippen LogP contribution in [-0.4, -0.2) is 17.6 Å². The van der Waals surface area contributed by atoms with Gasteiger partial charge in [0.1, 0.15) is 5.82 Å². The van der Waals surface area contributed by atoms with Crippen LogP contribution in [0.1, 0.15) is 22.3 Å². The second-order valence-corrected chi connectivity index (χ2v) is 2.80. The van der Waals surface area contributed by atoms with Crippen molar-refractivity contribution in [3.63, 3.8) is 0 Å². The van der Waals surface area contributed by atoms with E-state index in [1.54, 1.807) is 0 Å². The topological polar surface area (TPSA) is 65.2 Å². The van der Waals surface area contributed by atoms with Crippen LogP contribution in [0, 0.1) is 0 Å². The molecule has 0 fully saturated rings. The number of aromatic nitrogens is 1. The van der Waals surface area contributed by atoms with E-state index in [-0.39, 0.29) is 6.29 Å². The molecule has 2 N–H and O–H groups in total. The van der Waals surface area contributed by atoms with E-state index in [0.717, 1.165) is 0 Å². The lowest BCUT2D eigenvalue weighted by Gasteiger charge is -2.13. The Morgan fingerprint density at radius 3 is 2.41 bits per heavy atom. The lowest BCUT2D eigenvalue weighted by molar-refractivity contribution is -0.274. The van der Waals surface area contributed by atoms with Crippen molar-refractivity contribution in [3.8, 4) is 5.75 Å². The molecule has 0 aliphatic rings. The summed E-state index contributed by atoms with van der Waals surface area (Å²) in [6, 6.07) is 0. The van der Waals surface area contributed by atoms with Crippen molar-refractivity contribution >= 4 is 12.1 Å². The van der Waals surface area contributed by atoms with Crippen molar-refractivity contribution in [2.24, 2.45) is 0 Å². The highest BCUT2D eigenvalue weighted by atomic mass is 19.4. The quantitative estimate of drug-likeness (QED) is 0.665. The van der Waals surface area contributed by atoms with Crippen LogP contribution in [0.15, 0.2) is 6.20 Å². The van der Waals surface area contributed by atoms with Gasteiger partial charge in [0.25, 0.3) is 6.43 Å². The molecule has 1 aromatic rings. The molecule has 0 unspecified atom stereocenters. The predicted octanol–water partition coefficient (Wildman–Crippen LogP) is 2.31. The summed E-state index contributed by atoms with van der Waals surface area (Å²) < 4.78 is 64.1. The fraction of sp³-hybridized carbons (Fsp3) is 0.250. The Morgan fingerprint density at radius 2 is 2.00 bits per heavy atom. The summed E-state index contributed by atoms with van der Waals surface area (Å²) in [5.41, 5.74) is 2.99. The third kappa shape index (κ3) is 3.02. The fourth-order valence-corrected chi connectivity index (χ4v) is 1.09. The smallest absolute Gasteiger partial charge is 0.403 e. The average molecular weight is 256 g/mol. The number of nitrogen functional groups attached to an aromatic ring is 1. The normalized spacial score (nSPS) is 11.6. The first-order chi connectivity index (χ1) is 7.76. The number of pyridine rings is 1. The molecule has 0 saturated heterocycles. The molecular formula is C8H5F5N2O2. The Balaban J connectivity index is 3.33. The molecule has 0 atom stereocenters. The van der Waals surface area contributed by atoms with Gasteiger partial charge in [-0.3, -0.25) is 4.79 Å². The molecular weight excluding hydrogens is 251 g/mol. The zero-order valence-electron chi connectivity index (χ0n) is 7.96. The Hall–Kier alpha value is -1.93. The van der Waals surface area contributed by atoms with Gasteiger partial charge in [-0.15, -0.1) is 13.2 Å². The van der Waals surface area contributed by atoms with Crippen LogP contribution in [0.2, 0.25) is 0 Å². The average Bonchev–Trinajstić information content (AvgIpc) is 2.17. The molecule has 0 saturated carbocycles. The first-order valence-electron chi connectivity index (χ1n) is 4.03. The molecule has 1 aromatic heterocycles. The van der Waals surface area contributed by atoms with Crippen molar-refractivity contribution in [1.82, 2.24) is 4.98 Å². The van der Waals surface area contributed by atoms with E-state index in [2.05, 4.69) is 9.72 Å². The van der Waals surface area contributed by atoms with Crippen molar-refractivity contribution in [1.29, 1.82) is 0 Å².